The van der Waals surface area contributed by atoms with E-state index in [0.29, 0.717) is 6.61 Å². The smallest absolute Gasteiger partial charge is 0.290 e. The number of unbranched alkanes of at least 4 members (excludes halogenated alkanes) is 3. The summed E-state index contributed by atoms with van der Waals surface area (Å²) in [4.78, 5) is 0. The van der Waals surface area contributed by atoms with Crippen molar-refractivity contribution in [2.75, 3.05) is 0 Å². The number of benzene rings is 1. The Labute approximate surface area is 99.3 Å². The molecule has 1 rings (SSSR count). The maximum absolute atomic E-state index is 10.1. The Bertz CT molecular complexity index is 295. The van der Waals surface area contributed by atoms with Gasteiger partial charge in [0.25, 0.3) is 0 Å². The van der Waals surface area contributed by atoms with Gasteiger partial charge in [0.2, 0.25) is 0 Å². The van der Waals surface area contributed by atoms with Gasteiger partial charge in [0, 0.05) is 0 Å². The molecule has 0 radical (unpaired) electrons. The third kappa shape index (κ3) is 5.39. The fourth-order valence-electron chi connectivity index (χ4n) is 1.66. The summed E-state index contributed by atoms with van der Waals surface area (Å²) in [5.41, 5.74) is 2.44. The first kappa shape index (κ1) is 13.3. The molecule has 0 aliphatic carbocycles. The summed E-state index contributed by atoms with van der Waals surface area (Å²) in [6.45, 7) is 2.64. The molecular weight excluding hydrogens is 219 g/mol. The third-order valence-electron chi connectivity index (χ3n) is 2.63. The molecule has 3 heteroatoms. The van der Waals surface area contributed by atoms with Crippen molar-refractivity contribution in [2.24, 2.45) is 0 Å². The van der Waals surface area contributed by atoms with E-state index in [9.17, 15) is 4.57 Å². The quantitative estimate of drug-likeness (QED) is 0.491. The van der Waals surface area contributed by atoms with Crippen LogP contribution in [0.4, 0.5) is 0 Å². The third-order valence-corrected chi connectivity index (χ3v) is 2.86. The van der Waals surface area contributed by atoms with Gasteiger partial charge in [-0.2, -0.15) is 0 Å². The van der Waals surface area contributed by atoms with Gasteiger partial charge < -0.3 is 0 Å². The van der Waals surface area contributed by atoms with E-state index in [2.05, 4.69) is 19.1 Å². The van der Waals surface area contributed by atoms with E-state index in [1.807, 2.05) is 12.1 Å². The molecule has 1 aromatic rings. The average Bonchev–Trinajstić information content (AvgIpc) is 2.33. The second kappa shape index (κ2) is 8.43. The van der Waals surface area contributed by atoms with Crippen molar-refractivity contribution in [1.29, 1.82) is 0 Å². The topological polar surface area (TPSA) is 26.3 Å². The number of rotatable bonds is 8. The first-order valence-corrected chi connectivity index (χ1v) is 6.62. The van der Waals surface area contributed by atoms with E-state index < -0.39 is 0 Å². The van der Waals surface area contributed by atoms with Gasteiger partial charge >= 0.3 is 8.69 Å². The summed E-state index contributed by atoms with van der Waals surface area (Å²) >= 11 is 0. The predicted molar refractivity (Wildman–Crippen MR) is 66.7 cm³/mol. The standard InChI is InChI=1S/C13H19O2P/c1-2-3-4-5-6-12-7-9-13(10-8-12)11-15-16-14/h7-10H,2-6,11H2,1H3. The monoisotopic (exact) mass is 238 g/mol. The predicted octanol–water partition coefficient (Wildman–Crippen LogP) is 4.53. The molecule has 0 spiro atoms. The summed E-state index contributed by atoms with van der Waals surface area (Å²) in [5, 5.41) is 0. The molecular formula is C13H19O2P. The highest BCUT2D eigenvalue weighted by Gasteiger charge is 1.96. The lowest BCUT2D eigenvalue weighted by Crippen LogP contribution is -1.88. The van der Waals surface area contributed by atoms with Crippen LogP contribution in [-0.2, 0) is 22.1 Å². The normalized spacial score (nSPS) is 10.8. The number of aryl methyl sites for hydroxylation is 1. The van der Waals surface area contributed by atoms with Crippen molar-refractivity contribution >= 4 is 8.69 Å². The average molecular weight is 238 g/mol. The Morgan fingerprint density at radius 2 is 1.75 bits per heavy atom. The molecule has 0 fully saturated rings. The Morgan fingerprint density at radius 3 is 2.38 bits per heavy atom. The first-order valence-electron chi connectivity index (χ1n) is 5.89. The summed E-state index contributed by atoms with van der Waals surface area (Å²) < 4.78 is 14.9. The lowest BCUT2D eigenvalue weighted by molar-refractivity contribution is 0.332. The van der Waals surface area contributed by atoms with Gasteiger partial charge in [-0.05, 0) is 24.0 Å². The Morgan fingerprint density at radius 1 is 1.06 bits per heavy atom. The Hall–Kier alpha value is -0.720. The number of hydrogen-bond acceptors (Lipinski definition) is 2. The molecule has 0 bridgehead atoms. The van der Waals surface area contributed by atoms with E-state index in [1.54, 1.807) is 0 Å². The highest BCUT2D eigenvalue weighted by Crippen LogP contribution is 2.11. The van der Waals surface area contributed by atoms with Crippen molar-refractivity contribution in [3.8, 4) is 0 Å². The largest absolute Gasteiger partial charge is 0.327 e. The summed E-state index contributed by atoms with van der Waals surface area (Å²) in [6.07, 6.45) is 6.35. The van der Waals surface area contributed by atoms with E-state index in [-0.39, 0.29) is 8.69 Å². The van der Waals surface area contributed by atoms with E-state index in [0.717, 1.165) is 12.0 Å². The van der Waals surface area contributed by atoms with Crippen molar-refractivity contribution in [2.45, 2.75) is 45.6 Å². The van der Waals surface area contributed by atoms with E-state index >= 15 is 0 Å². The van der Waals surface area contributed by atoms with Crippen LogP contribution >= 0.6 is 8.69 Å². The Kier molecular flexibility index (Phi) is 7.03. The van der Waals surface area contributed by atoms with Crippen LogP contribution < -0.4 is 0 Å². The van der Waals surface area contributed by atoms with Crippen LogP contribution in [0.15, 0.2) is 24.3 Å². The summed E-state index contributed by atoms with van der Waals surface area (Å²) in [7, 11) is -0.250. The van der Waals surface area contributed by atoms with Gasteiger partial charge in [-0.15, -0.1) is 0 Å². The number of hydrogen-bond donors (Lipinski definition) is 0. The fourth-order valence-corrected chi connectivity index (χ4v) is 1.86. The highest BCUT2D eigenvalue weighted by atomic mass is 31.1. The molecule has 0 aliphatic heterocycles. The van der Waals surface area contributed by atoms with Crippen LogP contribution in [0.2, 0.25) is 0 Å². The minimum absolute atomic E-state index is 0.250. The van der Waals surface area contributed by atoms with Gasteiger partial charge in [0.15, 0.2) is 0 Å². The minimum Gasteiger partial charge on any atom is -0.290 e. The van der Waals surface area contributed by atoms with Crippen LogP contribution in [0.25, 0.3) is 0 Å². The lowest BCUT2D eigenvalue weighted by atomic mass is 10.0. The van der Waals surface area contributed by atoms with Crippen molar-refractivity contribution < 1.29 is 9.09 Å². The van der Waals surface area contributed by atoms with Crippen LogP contribution in [-0.4, -0.2) is 0 Å². The molecule has 16 heavy (non-hydrogen) atoms. The van der Waals surface area contributed by atoms with Crippen LogP contribution in [0, 0.1) is 0 Å². The second-order valence-corrected chi connectivity index (χ2v) is 4.38. The molecule has 0 saturated heterocycles. The minimum atomic E-state index is -0.250. The van der Waals surface area contributed by atoms with Gasteiger partial charge in [-0.25, -0.2) is 4.57 Å². The molecule has 88 valence electrons. The van der Waals surface area contributed by atoms with Gasteiger partial charge in [-0.1, -0.05) is 50.5 Å². The zero-order valence-electron chi connectivity index (χ0n) is 9.82. The lowest BCUT2D eigenvalue weighted by Gasteiger charge is -2.03. The molecule has 0 atom stereocenters. The maximum atomic E-state index is 10.1. The summed E-state index contributed by atoms with van der Waals surface area (Å²) in [6, 6.07) is 8.35. The molecule has 0 unspecified atom stereocenters. The van der Waals surface area contributed by atoms with Crippen molar-refractivity contribution in [3.63, 3.8) is 0 Å². The van der Waals surface area contributed by atoms with Crippen LogP contribution in [0.5, 0.6) is 0 Å². The SMILES string of the molecule is CCCCCCc1ccc(COP=O)cc1. The zero-order valence-corrected chi connectivity index (χ0v) is 10.7. The molecule has 2 nitrogen and oxygen atoms in total. The Balaban J connectivity index is 2.30. The molecule has 1 aromatic carbocycles. The van der Waals surface area contributed by atoms with Crippen molar-refractivity contribution in [3.05, 3.63) is 35.4 Å². The molecule has 0 heterocycles. The maximum Gasteiger partial charge on any atom is 0.327 e. The molecule has 0 aliphatic rings. The van der Waals surface area contributed by atoms with Gasteiger partial charge in [0.1, 0.15) is 0 Å². The van der Waals surface area contributed by atoms with Crippen LogP contribution in [0.1, 0.15) is 43.7 Å². The van der Waals surface area contributed by atoms with E-state index in [1.165, 1.54) is 31.2 Å². The van der Waals surface area contributed by atoms with Gasteiger partial charge in [0.05, 0.1) is 6.61 Å². The molecule has 0 saturated carbocycles. The zero-order chi connectivity index (χ0) is 11.6. The molecule has 0 aromatic heterocycles. The van der Waals surface area contributed by atoms with Crippen molar-refractivity contribution in [1.82, 2.24) is 0 Å². The van der Waals surface area contributed by atoms with E-state index in [4.69, 9.17) is 4.52 Å². The molecule has 0 amide bonds. The van der Waals surface area contributed by atoms with Gasteiger partial charge in [-0.3, -0.25) is 4.52 Å². The summed E-state index contributed by atoms with van der Waals surface area (Å²) in [5.74, 6) is 0. The first-order chi connectivity index (χ1) is 7.86. The van der Waals surface area contributed by atoms with Crippen LogP contribution in [0.3, 0.4) is 0 Å². The second-order valence-electron chi connectivity index (χ2n) is 3.98. The fraction of sp³-hybridized carbons (Fsp3) is 0.538. The highest BCUT2D eigenvalue weighted by molar-refractivity contribution is 7.17. The molecule has 0 N–H and O–H groups in total.